The first-order valence-corrected chi connectivity index (χ1v) is 13.5. The van der Waals surface area contributed by atoms with Crippen molar-refractivity contribution in [3.63, 3.8) is 0 Å². The molecule has 8 heteroatoms. The summed E-state index contributed by atoms with van der Waals surface area (Å²) in [5.41, 5.74) is 7.70. The van der Waals surface area contributed by atoms with Crippen LogP contribution in [0.3, 0.4) is 0 Å². The zero-order valence-corrected chi connectivity index (χ0v) is 24.1. The van der Waals surface area contributed by atoms with E-state index < -0.39 is 11.8 Å². The number of rotatable bonds is 7. The highest BCUT2D eigenvalue weighted by Crippen LogP contribution is 2.42. The number of nitrogens with one attached hydrogen (secondary N) is 1. The van der Waals surface area contributed by atoms with Crippen LogP contribution in [0, 0.1) is 19.7 Å². The average molecular weight is 563 g/mol. The highest BCUT2D eigenvalue weighted by atomic mass is 19.1. The van der Waals surface area contributed by atoms with Gasteiger partial charge < -0.3 is 15.0 Å². The monoisotopic (exact) mass is 562 g/mol. The highest BCUT2D eigenvalue weighted by Gasteiger charge is 2.25. The zero-order chi connectivity index (χ0) is 30.0. The van der Waals surface area contributed by atoms with Gasteiger partial charge in [-0.15, -0.1) is 0 Å². The summed E-state index contributed by atoms with van der Waals surface area (Å²) >= 11 is 0. The Morgan fingerprint density at radius 2 is 1.50 bits per heavy atom. The number of aromatic nitrogens is 2. The molecule has 0 saturated carbocycles. The van der Waals surface area contributed by atoms with Crippen molar-refractivity contribution in [2.24, 2.45) is 0 Å². The number of carbonyl (C=O) groups excluding carboxylic acids is 2. The quantitative estimate of drug-likeness (QED) is 0.212. The first-order valence-electron chi connectivity index (χ1n) is 13.5. The van der Waals surface area contributed by atoms with E-state index in [9.17, 15) is 14.0 Å². The molecule has 0 saturated heterocycles. The van der Waals surface area contributed by atoms with E-state index in [0.29, 0.717) is 28.4 Å². The van der Waals surface area contributed by atoms with E-state index in [1.807, 2.05) is 87.4 Å². The lowest BCUT2D eigenvalue weighted by Gasteiger charge is -2.13. The molecule has 1 heterocycles. The second-order valence-corrected chi connectivity index (χ2v) is 10.2. The van der Waals surface area contributed by atoms with Crippen molar-refractivity contribution in [2.75, 3.05) is 24.3 Å². The number of hydrogen-bond acceptors (Lipinski definition) is 5. The van der Waals surface area contributed by atoms with Crippen LogP contribution in [0.4, 0.5) is 15.8 Å². The highest BCUT2D eigenvalue weighted by molar-refractivity contribution is 6.04. The Labute approximate surface area is 244 Å². The molecule has 4 aromatic carbocycles. The summed E-state index contributed by atoms with van der Waals surface area (Å²) in [6, 6.07) is 26.5. The van der Waals surface area contributed by atoms with Crippen LogP contribution >= 0.6 is 0 Å². The van der Waals surface area contributed by atoms with Crippen molar-refractivity contribution in [3.05, 3.63) is 114 Å². The maximum Gasteiger partial charge on any atom is 0.309 e. The number of ether oxygens (including phenoxy) is 1. The number of esters is 1. The molecule has 5 aromatic rings. The van der Waals surface area contributed by atoms with Gasteiger partial charge in [0.1, 0.15) is 11.5 Å². The molecule has 5 rings (SSSR count). The van der Waals surface area contributed by atoms with Gasteiger partial charge in [0.15, 0.2) is 0 Å². The lowest BCUT2D eigenvalue weighted by molar-refractivity contribution is -0.132. The van der Waals surface area contributed by atoms with Gasteiger partial charge in [0.05, 0.1) is 11.3 Å². The summed E-state index contributed by atoms with van der Waals surface area (Å²) in [5.74, 6) is -0.938. The van der Waals surface area contributed by atoms with Crippen LogP contribution in [0.1, 0.15) is 28.4 Å². The number of anilines is 2. The normalized spacial score (nSPS) is 10.8. The molecule has 0 radical (unpaired) electrons. The van der Waals surface area contributed by atoms with Crippen LogP contribution in [0.25, 0.3) is 28.1 Å². The second kappa shape index (κ2) is 11.7. The van der Waals surface area contributed by atoms with Crippen LogP contribution in [0.15, 0.2) is 91.0 Å². The Morgan fingerprint density at radius 1 is 0.857 bits per heavy atom. The number of amides is 1. The topological polar surface area (TPSA) is 76.5 Å². The van der Waals surface area contributed by atoms with Crippen LogP contribution in [0.2, 0.25) is 0 Å². The van der Waals surface area contributed by atoms with Gasteiger partial charge >= 0.3 is 5.97 Å². The molecule has 212 valence electrons. The lowest BCUT2D eigenvalue weighted by Crippen LogP contribution is -2.11. The first kappa shape index (κ1) is 28.3. The molecule has 0 spiro atoms. The maximum atomic E-state index is 13.3. The fourth-order valence-electron chi connectivity index (χ4n) is 4.67. The third kappa shape index (κ3) is 5.78. The minimum atomic E-state index is -0.472. The summed E-state index contributed by atoms with van der Waals surface area (Å²) in [6.45, 7) is 5.39. The third-order valence-electron chi connectivity index (χ3n) is 7.08. The lowest BCUT2D eigenvalue weighted by atomic mass is 10.0. The number of benzene rings is 4. The van der Waals surface area contributed by atoms with Gasteiger partial charge in [-0.3, -0.25) is 9.59 Å². The molecule has 1 aromatic heterocycles. The molecule has 0 aliphatic rings. The molecule has 7 nitrogen and oxygen atoms in total. The zero-order valence-electron chi connectivity index (χ0n) is 24.1. The Kier molecular flexibility index (Phi) is 7.88. The van der Waals surface area contributed by atoms with Gasteiger partial charge in [-0.1, -0.05) is 36.4 Å². The van der Waals surface area contributed by atoms with Gasteiger partial charge in [-0.05, 0) is 85.1 Å². The average Bonchev–Trinajstić information content (AvgIpc) is 3.33. The molecular weight excluding hydrogens is 531 g/mol. The molecule has 42 heavy (non-hydrogen) atoms. The molecule has 0 bridgehead atoms. The second-order valence-electron chi connectivity index (χ2n) is 10.2. The fraction of sp³-hybridized carbons (Fsp3) is 0.147. The predicted octanol–water partition coefficient (Wildman–Crippen LogP) is 7.21. The van der Waals surface area contributed by atoms with Crippen molar-refractivity contribution in [1.82, 2.24) is 9.78 Å². The predicted molar refractivity (Wildman–Crippen MR) is 164 cm³/mol. The van der Waals surface area contributed by atoms with E-state index in [-0.39, 0.29) is 5.91 Å². The Bertz CT molecular complexity index is 1760. The number of carbonyl (C=O) groups is 2. The van der Waals surface area contributed by atoms with Crippen LogP contribution in [-0.2, 0) is 4.79 Å². The number of aryl methyl sites for hydroxylation is 1. The Balaban J connectivity index is 1.63. The van der Waals surface area contributed by atoms with Crippen molar-refractivity contribution in [1.29, 1.82) is 0 Å². The summed E-state index contributed by atoms with van der Waals surface area (Å²) < 4.78 is 20.8. The van der Waals surface area contributed by atoms with Gasteiger partial charge in [-0.25, -0.2) is 4.39 Å². The van der Waals surface area contributed by atoms with E-state index in [2.05, 4.69) is 5.32 Å². The van der Waals surface area contributed by atoms with Crippen molar-refractivity contribution in [2.45, 2.75) is 20.8 Å². The van der Waals surface area contributed by atoms with Crippen molar-refractivity contribution in [3.8, 4) is 34.0 Å². The van der Waals surface area contributed by atoms with Gasteiger partial charge in [-0.2, -0.15) is 9.78 Å². The first-order chi connectivity index (χ1) is 20.1. The van der Waals surface area contributed by atoms with E-state index >= 15 is 0 Å². The largest absolute Gasteiger partial charge is 0.407 e. The van der Waals surface area contributed by atoms with Gasteiger partial charge in [0, 0.05) is 43.5 Å². The molecule has 0 unspecified atom stereocenters. The summed E-state index contributed by atoms with van der Waals surface area (Å²) in [7, 11) is 3.95. The van der Waals surface area contributed by atoms with Crippen molar-refractivity contribution >= 4 is 23.3 Å². The smallest absolute Gasteiger partial charge is 0.309 e. The van der Waals surface area contributed by atoms with Crippen molar-refractivity contribution < 1.29 is 18.7 Å². The SMILES string of the molecule is CC(=O)Oc1c(-c2ccc(NC(=O)c3ccc(F)cc3)cc2)c(-c2ccc(N(C)C)cc2)nn1-c1cccc(C)c1C. The number of halogens is 1. The number of nitrogens with zero attached hydrogens (tertiary/aromatic N) is 3. The van der Waals surface area contributed by atoms with E-state index in [1.165, 1.54) is 31.2 Å². The van der Waals surface area contributed by atoms with E-state index in [4.69, 9.17) is 9.84 Å². The maximum absolute atomic E-state index is 13.3. The molecule has 1 N–H and O–H groups in total. The molecule has 1 amide bonds. The van der Waals surface area contributed by atoms with Crippen LogP contribution in [0.5, 0.6) is 5.88 Å². The Morgan fingerprint density at radius 3 is 2.12 bits per heavy atom. The van der Waals surface area contributed by atoms with Gasteiger partial charge in [0.25, 0.3) is 5.91 Å². The van der Waals surface area contributed by atoms with E-state index in [1.54, 1.807) is 16.8 Å². The molecule has 0 atom stereocenters. The standard InChI is InChI=1S/C34H31FN4O3/c1-21-7-6-8-30(22(21)2)39-34(42-23(3)40)31(32(37-39)25-13-19-29(20-14-25)38(4)5)24-11-17-28(18-12-24)36-33(41)26-9-15-27(35)16-10-26/h6-20H,1-5H3,(H,36,41). The Hall–Kier alpha value is -5.24. The van der Waals surface area contributed by atoms with Gasteiger partial charge in [0.2, 0.25) is 5.88 Å². The number of hydrogen-bond donors (Lipinski definition) is 1. The summed E-state index contributed by atoms with van der Waals surface area (Å²) in [5, 5.41) is 7.84. The van der Waals surface area contributed by atoms with Crippen LogP contribution < -0.4 is 15.0 Å². The molecule has 0 aliphatic carbocycles. The minimum Gasteiger partial charge on any atom is -0.407 e. The third-order valence-corrected chi connectivity index (χ3v) is 7.08. The fourth-order valence-corrected chi connectivity index (χ4v) is 4.67. The minimum absolute atomic E-state index is 0.297. The molecule has 0 fully saturated rings. The van der Waals surface area contributed by atoms with E-state index in [0.717, 1.165) is 33.6 Å². The summed E-state index contributed by atoms with van der Waals surface area (Å²) in [6.07, 6.45) is 0. The summed E-state index contributed by atoms with van der Waals surface area (Å²) in [4.78, 5) is 27.1. The molecular formula is C34H31FN4O3. The molecule has 0 aliphatic heterocycles. The van der Waals surface area contributed by atoms with Crippen LogP contribution in [-0.4, -0.2) is 35.8 Å².